The third-order valence-electron chi connectivity index (χ3n) is 4.37. The van der Waals surface area contributed by atoms with Crippen LogP contribution in [0.1, 0.15) is 18.2 Å². The number of anilines is 1. The number of carbonyl (C=O) groups excluding carboxylic acids is 1. The second-order valence-corrected chi connectivity index (χ2v) is 7.39. The highest BCUT2D eigenvalue weighted by molar-refractivity contribution is 7.98. The van der Waals surface area contributed by atoms with Crippen LogP contribution in [-0.2, 0) is 4.79 Å². The van der Waals surface area contributed by atoms with Crippen molar-refractivity contribution in [2.24, 2.45) is 0 Å². The topological polar surface area (TPSA) is 59.2 Å². The van der Waals surface area contributed by atoms with E-state index in [1.165, 1.54) is 0 Å². The highest BCUT2D eigenvalue weighted by Gasteiger charge is 2.34. The predicted molar refractivity (Wildman–Crippen MR) is 103 cm³/mol. The molecule has 3 aromatic rings. The molecule has 0 radical (unpaired) electrons. The lowest BCUT2D eigenvalue weighted by molar-refractivity contribution is -0.117. The quantitative estimate of drug-likeness (QED) is 0.612. The lowest BCUT2D eigenvalue weighted by Gasteiger charge is -2.16. The summed E-state index contributed by atoms with van der Waals surface area (Å²) in [6.07, 6.45) is 2.39. The van der Waals surface area contributed by atoms with Crippen LogP contribution in [0.4, 0.5) is 5.69 Å². The summed E-state index contributed by atoms with van der Waals surface area (Å²) in [5, 5.41) is 4.70. The first-order valence-corrected chi connectivity index (χ1v) is 9.78. The summed E-state index contributed by atoms with van der Waals surface area (Å²) >= 11 is 7.67. The Balaban J connectivity index is 1.56. The van der Waals surface area contributed by atoms with E-state index in [-0.39, 0.29) is 11.8 Å². The summed E-state index contributed by atoms with van der Waals surface area (Å²) in [6.45, 7) is 0.547. The van der Waals surface area contributed by atoms with Crippen molar-refractivity contribution < 1.29 is 9.32 Å². The van der Waals surface area contributed by atoms with Crippen LogP contribution in [-0.4, -0.2) is 28.8 Å². The first-order chi connectivity index (χ1) is 12.6. The zero-order valence-corrected chi connectivity index (χ0v) is 15.6. The summed E-state index contributed by atoms with van der Waals surface area (Å²) in [6, 6.07) is 15.2. The Labute approximate surface area is 160 Å². The van der Waals surface area contributed by atoms with Crippen LogP contribution < -0.4 is 4.90 Å². The van der Waals surface area contributed by atoms with E-state index in [1.807, 2.05) is 42.7 Å². The van der Waals surface area contributed by atoms with Gasteiger partial charge in [-0.2, -0.15) is 4.98 Å². The van der Waals surface area contributed by atoms with Gasteiger partial charge in [0.05, 0.1) is 0 Å². The highest BCUT2D eigenvalue weighted by atomic mass is 35.5. The van der Waals surface area contributed by atoms with Gasteiger partial charge in [0.2, 0.25) is 5.91 Å². The third-order valence-corrected chi connectivity index (χ3v) is 5.33. The van der Waals surface area contributed by atoms with Gasteiger partial charge in [0.15, 0.2) is 5.82 Å². The maximum absolute atomic E-state index is 12.5. The molecular formula is C19H16ClN3O2S. The second kappa shape index (κ2) is 7.13. The average molecular weight is 386 g/mol. The number of halogens is 1. The number of hydrogen-bond acceptors (Lipinski definition) is 5. The van der Waals surface area contributed by atoms with Crippen LogP contribution in [0.25, 0.3) is 11.5 Å². The number of thioether (sulfide) groups is 1. The van der Waals surface area contributed by atoms with Crippen LogP contribution in [0.15, 0.2) is 57.9 Å². The molecule has 1 aliphatic rings. The fourth-order valence-electron chi connectivity index (χ4n) is 3.05. The number of benzene rings is 2. The zero-order valence-electron chi connectivity index (χ0n) is 14.1. The minimum atomic E-state index is -0.0860. The molecule has 132 valence electrons. The molecule has 7 heteroatoms. The van der Waals surface area contributed by atoms with E-state index in [0.717, 1.165) is 16.1 Å². The fourth-order valence-corrected chi connectivity index (χ4v) is 3.69. The minimum Gasteiger partial charge on any atom is -0.334 e. The van der Waals surface area contributed by atoms with Gasteiger partial charge in [-0.15, -0.1) is 11.8 Å². The Morgan fingerprint density at radius 3 is 2.88 bits per heavy atom. The van der Waals surface area contributed by atoms with Crippen molar-refractivity contribution in [1.82, 2.24) is 10.1 Å². The Hall–Kier alpha value is -2.31. The molecule has 0 N–H and O–H groups in total. The summed E-state index contributed by atoms with van der Waals surface area (Å²) in [7, 11) is 0. The largest absolute Gasteiger partial charge is 0.334 e. The van der Waals surface area contributed by atoms with Crippen LogP contribution in [0, 0.1) is 0 Å². The molecule has 1 aromatic heterocycles. The summed E-state index contributed by atoms with van der Waals surface area (Å²) in [5.41, 5.74) is 1.67. The van der Waals surface area contributed by atoms with E-state index in [9.17, 15) is 4.79 Å². The number of carbonyl (C=O) groups is 1. The van der Waals surface area contributed by atoms with Crippen LogP contribution >= 0.6 is 23.4 Å². The van der Waals surface area contributed by atoms with E-state index >= 15 is 0 Å². The first-order valence-electron chi connectivity index (χ1n) is 8.18. The normalized spacial score (nSPS) is 17.1. The number of hydrogen-bond donors (Lipinski definition) is 0. The van der Waals surface area contributed by atoms with Crippen molar-refractivity contribution in [2.75, 3.05) is 17.7 Å². The van der Waals surface area contributed by atoms with E-state index in [0.29, 0.717) is 29.7 Å². The molecule has 0 spiro atoms. The lowest BCUT2D eigenvalue weighted by atomic mass is 10.1. The molecule has 1 atom stereocenters. The maximum atomic E-state index is 12.5. The van der Waals surface area contributed by atoms with Crippen LogP contribution in [0.3, 0.4) is 0 Å². The van der Waals surface area contributed by atoms with Gasteiger partial charge in [-0.25, -0.2) is 0 Å². The summed E-state index contributed by atoms with van der Waals surface area (Å²) in [5.74, 6) is 0.953. The number of aromatic nitrogens is 2. The SMILES string of the molecule is CSc1cccc(N2CC(c3noc(-c4cccc(Cl)c4)n3)CC2=O)c1. The summed E-state index contributed by atoms with van der Waals surface area (Å²) < 4.78 is 5.38. The Kier molecular flexibility index (Phi) is 4.70. The van der Waals surface area contributed by atoms with Crippen LogP contribution in [0.5, 0.6) is 0 Å². The van der Waals surface area contributed by atoms with Crippen molar-refractivity contribution >= 4 is 35.0 Å². The zero-order chi connectivity index (χ0) is 18.1. The van der Waals surface area contributed by atoms with Gasteiger partial charge in [0.1, 0.15) is 0 Å². The van der Waals surface area contributed by atoms with Crippen molar-refractivity contribution in [3.05, 3.63) is 59.4 Å². The molecule has 26 heavy (non-hydrogen) atoms. The molecule has 4 rings (SSSR count). The molecule has 1 aliphatic heterocycles. The number of amides is 1. The van der Waals surface area contributed by atoms with E-state index in [1.54, 1.807) is 28.8 Å². The van der Waals surface area contributed by atoms with Crippen molar-refractivity contribution in [3.63, 3.8) is 0 Å². The van der Waals surface area contributed by atoms with E-state index < -0.39 is 0 Å². The smallest absolute Gasteiger partial charge is 0.257 e. The standard InChI is InChI=1S/C19H16ClN3O2S/c1-26-16-7-3-6-15(10-16)23-11-13(9-17(23)24)18-21-19(25-22-18)12-4-2-5-14(20)8-12/h2-8,10,13H,9,11H2,1H3. The molecule has 1 amide bonds. The molecule has 0 aliphatic carbocycles. The predicted octanol–water partition coefficient (Wildman–Crippen LogP) is 4.63. The van der Waals surface area contributed by atoms with Crippen molar-refractivity contribution in [3.8, 4) is 11.5 Å². The Morgan fingerprint density at radius 2 is 2.08 bits per heavy atom. The van der Waals surface area contributed by atoms with Gasteiger partial charge >= 0.3 is 0 Å². The fraction of sp³-hybridized carbons (Fsp3) is 0.211. The molecule has 5 nitrogen and oxygen atoms in total. The van der Waals surface area contributed by atoms with E-state index in [2.05, 4.69) is 10.1 Å². The molecule has 2 aromatic carbocycles. The number of rotatable bonds is 4. The van der Waals surface area contributed by atoms with E-state index in [4.69, 9.17) is 16.1 Å². The summed E-state index contributed by atoms with van der Waals surface area (Å²) in [4.78, 5) is 19.9. The average Bonchev–Trinajstić information content (AvgIpc) is 3.28. The van der Waals surface area contributed by atoms with Crippen molar-refractivity contribution in [1.29, 1.82) is 0 Å². The highest BCUT2D eigenvalue weighted by Crippen LogP contribution is 2.33. The number of nitrogens with zero attached hydrogens (tertiary/aromatic N) is 3. The Bertz CT molecular complexity index is 959. The third kappa shape index (κ3) is 3.34. The van der Waals surface area contributed by atoms with Crippen LogP contribution in [0.2, 0.25) is 5.02 Å². The van der Waals surface area contributed by atoms with Gasteiger partial charge in [-0.3, -0.25) is 4.79 Å². The first kappa shape index (κ1) is 17.1. The van der Waals surface area contributed by atoms with Gasteiger partial charge in [0.25, 0.3) is 5.89 Å². The molecule has 2 heterocycles. The van der Waals surface area contributed by atoms with Gasteiger partial charge in [-0.1, -0.05) is 28.9 Å². The van der Waals surface area contributed by atoms with Crippen molar-refractivity contribution in [2.45, 2.75) is 17.2 Å². The van der Waals surface area contributed by atoms with Gasteiger partial charge < -0.3 is 9.42 Å². The molecule has 0 saturated carbocycles. The second-order valence-electron chi connectivity index (χ2n) is 6.07. The molecule has 1 saturated heterocycles. The lowest BCUT2D eigenvalue weighted by Crippen LogP contribution is -2.24. The van der Waals surface area contributed by atoms with Gasteiger partial charge in [0, 0.05) is 40.1 Å². The maximum Gasteiger partial charge on any atom is 0.257 e. The molecule has 1 unspecified atom stereocenters. The monoisotopic (exact) mass is 385 g/mol. The Morgan fingerprint density at radius 1 is 1.23 bits per heavy atom. The van der Waals surface area contributed by atoms with Gasteiger partial charge in [-0.05, 0) is 42.7 Å². The molecular weight excluding hydrogens is 370 g/mol. The molecule has 1 fully saturated rings. The minimum absolute atomic E-state index is 0.0716. The molecule has 0 bridgehead atoms.